The minimum absolute atomic E-state index is 0.670. The number of rotatable bonds is 8. The van der Waals surface area contributed by atoms with Gasteiger partial charge in [-0.2, -0.15) is 0 Å². The van der Waals surface area contributed by atoms with Crippen LogP contribution >= 0.6 is 0 Å². The minimum atomic E-state index is 0.670. The minimum Gasteiger partial charge on any atom is -0.336 e. The van der Waals surface area contributed by atoms with Gasteiger partial charge in [-0.1, -0.05) is 20.3 Å². The van der Waals surface area contributed by atoms with Crippen LogP contribution in [0.4, 0.5) is 0 Å². The number of unbranched alkanes of at least 4 members (excludes halogenated alkanes) is 1. The third-order valence-electron chi connectivity index (χ3n) is 2.73. The molecule has 0 atom stereocenters. The molecule has 0 aromatic carbocycles. The number of hydrogen-bond donors (Lipinski definition) is 1. The smallest absolute Gasteiger partial charge is 0.0950 e. The van der Waals surface area contributed by atoms with Crippen LogP contribution in [0.3, 0.4) is 0 Å². The van der Waals surface area contributed by atoms with Gasteiger partial charge in [0.15, 0.2) is 0 Å². The zero-order valence-electron chi connectivity index (χ0n) is 10.5. The lowest BCUT2D eigenvalue weighted by molar-refractivity contribution is 0.272. The van der Waals surface area contributed by atoms with Gasteiger partial charge in [0, 0.05) is 25.8 Å². The van der Waals surface area contributed by atoms with Gasteiger partial charge in [0.2, 0.25) is 0 Å². The molecule has 4 nitrogen and oxygen atoms in total. The highest BCUT2D eigenvalue weighted by Crippen LogP contribution is 2.03. The van der Waals surface area contributed by atoms with Crippen LogP contribution in [-0.2, 0) is 13.1 Å². The Balaban J connectivity index is 2.43. The van der Waals surface area contributed by atoms with E-state index in [0.29, 0.717) is 6.54 Å². The molecule has 0 aliphatic heterocycles. The third kappa shape index (κ3) is 4.33. The van der Waals surface area contributed by atoms with E-state index in [-0.39, 0.29) is 0 Å². The Morgan fingerprint density at radius 3 is 2.88 bits per heavy atom. The lowest BCUT2D eigenvalue weighted by Gasteiger charge is -2.18. The molecular formula is C12H24N4. The van der Waals surface area contributed by atoms with Crippen LogP contribution in [0.25, 0.3) is 0 Å². The van der Waals surface area contributed by atoms with Crippen molar-refractivity contribution in [3.63, 3.8) is 0 Å². The summed E-state index contributed by atoms with van der Waals surface area (Å²) in [6.07, 6.45) is 6.48. The molecule has 0 spiro atoms. The van der Waals surface area contributed by atoms with Gasteiger partial charge in [0.1, 0.15) is 0 Å². The molecule has 2 N–H and O–H groups in total. The van der Waals surface area contributed by atoms with Gasteiger partial charge >= 0.3 is 0 Å². The molecule has 1 aromatic rings. The first-order chi connectivity index (χ1) is 7.80. The van der Waals surface area contributed by atoms with E-state index in [0.717, 1.165) is 31.9 Å². The normalized spacial score (nSPS) is 11.2. The molecule has 1 heterocycles. The summed E-state index contributed by atoms with van der Waals surface area (Å²) in [5, 5.41) is 0. The van der Waals surface area contributed by atoms with E-state index in [1.165, 1.54) is 12.8 Å². The quantitative estimate of drug-likeness (QED) is 0.727. The summed E-state index contributed by atoms with van der Waals surface area (Å²) in [5.74, 6) is 0. The van der Waals surface area contributed by atoms with E-state index < -0.39 is 0 Å². The molecule has 0 amide bonds. The molecule has 0 aliphatic carbocycles. The van der Waals surface area contributed by atoms with Crippen LogP contribution in [0, 0.1) is 0 Å². The van der Waals surface area contributed by atoms with E-state index in [2.05, 4.69) is 34.5 Å². The lowest BCUT2D eigenvalue weighted by atomic mass is 10.3. The standard InChI is InChI=1S/C12H24N4/c1-3-5-7-15(4-2)9-12-10-16(8-6-13)11-14-12/h10-11H,3-9,13H2,1-2H3. The van der Waals surface area contributed by atoms with Gasteiger partial charge in [-0.05, 0) is 19.5 Å². The van der Waals surface area contributed by atoms with Crippen LogP contribution in [0.1, 0.15) is 32.4 Å². The molecular weight excluding hydrogens is 200 g/mol. The lowest BCUT2D eigenvalue weighted by Crippen LogP contribution is -2.24. The first-order valence-electron chi connectivity index (χ1n) is 6.23. The van der Waals surface area contributed by atoms with Gasteiger partial charge in [-0.15, -0.1) is 0 Å². The highest BCUT2D eigenvalue weighted by molar-refractivity contribution is 4.96. The molecule has 1 aromatic heterocycles. The Morgan fingerprint density at radius 1 is 1.44 bits per heavy atom. The van der Waals surface area contributed by atoms with E-state index in [4.69, 9.17) is 5.73 Å². The van der Waals surface area contributed by atoms with Crippen molar-refractivity contribution in [1.82, 2.24) is 14.5 Å². The highest BCUT2D eigenvalue weighted by atomic mass is 15.1. The van der Waals surface area contributed by atoms with E-state index in [9.17, 15) is 0 Å². The van der Waals surface area contributed by atoms with Gasteiger partial charge in [0.05, 0.1) is 12.0 Å². The molecule has 0 saturated heterocycles. The average molecular weight is 224 g/mol. The van der Waals surface area contributed by atoms with Crippen molar-refractivity contribution in [2.75, 3.05) is 19.6 Å². The fourth-order valence-corrected chi connectivity index (χ4v) is 1.72. The Morgan fingerprint density at radius 2 is 2.25 bits per heavy atom. The van der Waals surface area contributed by atoms with E-state index in [1.807, 2.05) is 6.33 Å². The average Bonchev–Trinajstić information content (AvgIpc) is 2.72. The Bertz CT molecular complexity index is 282. The zero-order valence-corrected chi connectivity index (χ0v) is 10.5. The highest BCUT2D eigenvalue weighted by Gasteiger charge is 2.05. The number of imidazole rings is 1. The van der Waals surface area contributed by atoms with Gasteiger partial charge < -0.3 is 10.3 Å². The summed E-state index contributed by atoms with van der Waals surface area (Å²) in [6.45, 7) is 9.15. The molecule has 0 fully saturated rings. The molecule has 0 aliphatic rings. The van der Waals surface area contributed by atoms with E-state index >= 15 is 0 Å². The van der Waals surface area contributed by atoms with Gasteiger partial charge in [-0.3, -0.25) is 4.90 Å². The molecule has 16 heavy (non-hydrogen) atoms. The summed E-state index contributed by atoms with van der Waals surface area (Å²) < 4.78 is 2.06. The summed E-state index contributed by atoms with van der Waals surface area (Å²) in [4.78, 5) is 6.83. The fraction of sp³-hybridized carbons (Fsp3) is 0.750. The first kappa shape index (κ1) is 13.2. The molecule has 92 valence electrons. The Kier molecular flexibility index (Phi) is 6.11. The van der Waals surface area contributed by atoms with Crippen molar-refractivity contribution < 1.29 is 0 Å². The van der Waals surface area contributed by atoms with Crippen molar-refractivity contribution in [3.8, 4) is 0 Å². The number of hydrogen-bond acceptors (Lipinski definition) is 3. The SMILES string of the molecule is CCCCN(CC)Cc1cn(CCN)cn1. The summed E-state index contributed by atoms with van der Waals surface area (Å²) >= 11 is 0. The number of nitrogens with zero attached hydrogens (tertiary/aromatic N) is 3. The zero-order chi connectivity index (χ0) is 11.8. The second-order valence-electron chi connectivity index (χ2n) is 4.11. The molecule has 4 heteroatoms. The predicted molar refractivity (Wildman–Crippen MR) is 67.1 cm³/mol. The Hall–Kier alpha value is -0.870. The second-order valence-corrected chi connectivity index (χ2v) is 4.11. The number of nitrogens with two attached hydrogens (primary N) is 1. The summed E-state index contributed by atoms with van der Waals surface area (Å²) in [6, 6.07) is 0. The van der Waals surface area contributed by atoms with Crippen LogP contribution in [0.2, 0.25) is 0 Å². The monoisotopic (exact) mass is 224 g/mol. The topological polar surface area (TPSA) is 47.1 Å². The van der Waals surface area contributed by atoms with Gasteiger partial charge in [0.25, 0.3) is 0 Å². The fourth-order valence-electron chi connectivity index (χ4n) is 1.72. The molecule has 0 radical (unpaired) electrons. The van der Waals surface area contributed by atoms with Crippen LogP contribution in [0.15, 0.2) is 12.5 Å². The third-order valence-corrected chi connectivity index (χ3v) is 2.73. The maximum atomic E-state index is 5.50. The summed E-state index contributed by atoms with van der Waals surface area (Å²) in [5.41, 5.74) is 6.65. The van der Waals surface area contributed by atoms with Crippen molar-refractivity contribution >= 4 is 0 Å². The van der Waals surface area contributed by atoms with Crippen molar-refractivity contribution in [1.29, 1.82) is 0 Å². The first-order valence-corrected chi connectivity index (χ1v) is 6.23. The maximum Gasteiger partial charge on any atom is 0.0950 e. The van der Waals surface area contributed by atoms with Crippen molar-refractivity contribution in [3.05, 3.63) is 18.2 Å². The largest absolute Gasteiger partial charge is 0.336 e. The van der Waals surface area contributed by atoms with Crippen LogP contribution < -0.4 is 5.73 Å². The van der Waals surface area contributed by atoms with Crippen molar-refractivity contribution in [2.45, 2.75) is 39.8 Å². The van der Waals surface area contributed by atoms with Crippen LogP contribution in [0.5, 0.6) is 0 Å². The predicted octanol–water partition coefficient (Wildman–Crippen LogP) is 1.46. The summed E-state index contributed by atoms with van der Waals surface area (Å²) in [7, 11) is 0. The molecule has 0 bridgehead atoms. The van der Waals surface area contributed by atoms with Crippen LogP contribution in [-0.4, -0.2) is 34.1 Å². The number of aromatic nitrogens is 2. The second kappa shape index (κ2) is 7.41. The van der Waals surface area contributed by atoms with Gasteiger partial charge in [-0.25, -0.2) is 4.98 Å². The Labute approximate surface area is 98.5 Å². The van der Waals surface area contributed by atoms with Crippen molar-refractivity contribution in [2.24, 2.45) is 5.73 Å². The van der Waals surface area contributed by atoms with E-state index in [1.54, 1.807) is 0 Å². The molecule has 0 saturated carbocycles. The molecule has 1 rings (SSSR count). The maximum absolute atomic E-state index is 5.50. The molecule has 0 unspecified atom stereocenters.